The van der Waals surface area contributed by atoms with Crippen molar-refractivity contribution in [3.63, 3.8) is 0 Å². The maximum Gasteiger partial charge on any atom is 0.274 e. The molecule has 0 unspecified atom stereocenters. The van der Waals surface area contributed by atoms with Gasteiger partial charge in [-0.05, 0) is 23.8 Å². The number of nitrogens with one attached hydrogen (secondary N) is 2. The van der Waals surface area contributed by atoms with E-state index in [9.17, 15) is 14.9 Å². The van der Waals surface area contributed by atoms with E-state index in [0.717, 1.165) is 0 Å². The van der Waals surface area contributed by atoms with Crippen molar-refractivity contribution in [3.8, 4) is 0 Å². The van der Waals surface area contributed by atoms with Crippen molar-refractivity contribution >= 4 is 23.6 Å². The average molecular weight is 246 g/mol. The minimum absolute atomic E-state index is 0.00544. The van der Waals surface area contributed by atoms with Gasteiger partial charge in [0.2, 0.25) is 5.96 Å². The maximum absolute atomic E-state index is 11.5. The molecule has 2 N–H and O–H groups in total. The van der Waals surface area contributed by atoms with Gasteiger partial charge in [0.15, 0.2) is 0 Å². The molecule has 7 nitrogen and oxygen atoms in total. The minimum atomic E-state index is -0.485. The number of carbonyl (C=O) groups is 1. The number of nitro benzene ring substituents is 1. The van der Waals surface area contributed by atoms with E-state index in [0.29, 0.717) is 11.3 Å². The van der Waals surface area contributed by atoms with E-state index in [1.807, 2.05) is 0 Å². The summed E-state index contributed by atoms with van der Waals surface area (Å²) in [5.74, 6) is -0.353. The highest BCUT2D eigenvalue weighted by molar-refractivity contribution is 6.14. The first-order valence-electron chi connectivity index (χ1n) is 5.09. The average Bonchev–Trinajstić information content (AvgIpc) is 2.57. The Morgan fingerprint density at radius 2 is 2.00 bits per heavy atom. The van der Waals surface area contributed by atoms with Crippen LogP contribution in [0, 0.1) is 15.5 Å². The van der Waals surface area contributed by atoms with Gasteiger partial charge in [0, 0.05) is 19.2 Å². The molecule has 0 spiro atoms. The van der Waals surface area contributed by atoms with Crippen LogP contribution in [-0.4, -0.2) is 28.7 Å². The largest absolute Gasteiger partial charge is 0.311 e. The van der Waals surface area contributed by atoms with Crippen molar-refractivity contribution < 1.29 is 9.72 Å². The van der Waals surface area contributed by atoms with Crippen LogP contribution < -0.4 is 5.32 Å². The number of rotatable bonds is 2. The number of guanidine groups is 1. The Bertz CT molecular complexity index is 562. The molecule has 7 heteroatoms. The Labute approximate surface area is 102 Å². The molecule has 18 heavy (non-hydrogen) atoms. The van der Waals surface area contributed by atoms with Crippen molar-refractivity contribution in [1.82, 2.24) is 10.2 Å². The van der Waals surface area contributed by atoms with Crippen LogP contribution in [0.25, 0.3) is 6.08 Å². The van der Waals surface area contributed by atoms with E-state index in [2.05, 4.69) is 5.32 Å². The first-order valence-corrected chi connectivity index (χ1v) is 5.09. The lowest BCUT2D eigenvalue weighted by molar-refractivity contribution is -0.384. The first kappa shape index (κ1) is 11.8. The number of nitrogens with zero attached hydrogens (tertiary/aromatic N) is 2. The molecule has 0 bridgehead atoms. The summed E-state index contributed by atoms with van der Waals surface area (Å²) < 4.78 is 0. The summed E-state index contributed by atoms with van der Waals surface area (Å²) in [5.41, 5.74) is 0.982. The Balaban J connectivity index is 2.30. The summed E-state index contributed by atoms with van der Waals surface area (Å²) in [5, 5.41) is 20.3. The fourth-order valence-electron chi connectivity index (χ4n) is 1.54. The van der Waals surface area contributed by atoms with E-state index in [1.165, 1.54) is 17.0 Å². The zero-order valence-corrected chi connectivity index (χ0v) is 9.51. The zero-order valence-electron chi connectivity index (χ0n) is 9.51. The predicted molar refractivity (Wildman–Crippen MR) is 64.7 cm³/mol. The molecule has 1 aliphatic heterocycles. The van der Waals surface area contributed by atoms with Crippen molar-refractivity contribution in [2.24, 2.45) is 0 Å². The van der Waals surface area contributed by atoms with E-state index in [1.54, 1.807) is 25.3 Å². The molecule has 2 rings (SSSR count). The molecule has 1 aliphatic rings. The van der Waals surface area contributed by atoms with Crippen LogP contribution in [0.4, 0.5) is 5.69 Å². The Hall–Kier alpha value is -2.70. The predicted octanol–water partition coefficient (Wildman–Crippen LogP) is 0.932. The molecule has 0 aliphatic carbocycles. The van der Waals surface area contributed by atoms with Gasteiger partial charge in [-0.2, -0.15) is 0 Å². The van der Waals surface area contributed by atoms with Crippen molar-refractivity contribution in [2.75, 3.05) is 7.05 Å². The minimum Gasteiger partial charge on any atom is -0.311 e. The maximum atomic E-state index is 11.5. The Kier molecular flexibility index (Phi) is 2.80. The van der Waals surface area contributed by atoms with Crippen LogP contribution >= 0.6 is 0 Å². The van der Waals surface area contributed by atoms with Gasteiger partial charge in [-0.3, -0.25) is 25.6 Å². The number of amides is 1. The summed E-state index contributed by atoms with van der Waals surface area (Å²) >= 11 is 0. The second-order valence-electron chi connectivity index (χ2n) is 3.74. The van der Waals surface area contributed by atoms with Gasteiger partial charge in [-0.15, -0.1) is 0 Å². The molecule has 1 heterocycles. The van der Waals surface area contributed by atoms with Crippen LogP contribution in [0.3, 0.4) is 0 Å². The van der Waals surface area contributed by atoms with Crippen LogP contribution in [0.15, 0.2) is 30.0 Å². The quantitative estimate of drug-likeness (QED) is 0.460. The molecule has 1 aromatic rings. The smallest absolute Gasteiger partial charge is 0.274 e. The topological polar surface area (TPSA) is 99.3 Å². The number of hydrogen-bond donors (Lipinski definition) is 2. The Morgan fingerprint density at radius 3 is 2.44 bits per heavy atom. The number of non-ortho nitro benzene ring substituents is 1. The lowest BCUT2D eigenvalue weighted by Crippen LogP contribution is -2.25. The summed E-state index contributed by atoms with van der Waals surface area (Å²) in [4.78, 5) is 22.9. The van der Waals surface area contributed by atoms with Crippen molar-refractivity contribution in [2.45, 2.75) is 0 Å². The monoisotopic (exact) mass is 246 g/mol. The van der Waals surface area contributed by atoms with Gasteiger partial charge >= 0.3 is 0 Å². The van der Waals surface area contributed by atoms with Crippen LogP contribution in [0.1, 0.15) is 5.56 Å². The molecule has 0 saturated carbocycles. The number of nitro groups is 1. The zero-order chi connectivity index (χ0) is 13.3. The summed E-state index contributed by atoms with van der Waals surface area (Å²) in [6, 6.07) is 5.83. The lowest BCUT2D eigenvalue weighted by atomic mass is 10.1. The third-order valence-electron chi connectivity index (χ3n) is 2.57. The van der Waals surface area contributed by atoms with Crippen LogP contribution in [0.2, 0.25) is 0 Å². The number of benzene rings is 1. The highest BCUT2D eigenvalue weighted by Crippen LogP contribution is 2.17. The van der Waals surface area contributed by atoms with Gasteiger partial charge < -0.3 is 4.90 Å². The van der Waals surface area contributed by atoms with Crippen molar-refractivity contribution in [3.05, 3.63) is 45.6 Å². The third-order valence-corrected chi connectivity index (χ3v) is 2.57. The molecule has 0 atom stereocenters. The molecule has 1 saturated heterocycles. The second kappa shape index (κ2) is 4.28. The van der Waals surface area contributed by atoms with E-state index in [4.69, 9.17) is 5.41 Å². The SMILES string of the molecule is CN1C(=N)NC(=O)C1=Cc1ccc([N+](=O)[O-])cc1. The van der Waals surface area contributed by atoms with Gasteiger partial charge in [0.25, 0.3) is 11.6 Å². The molecule has 1 fully saturated rings. The van der Waals surface area contributed by atoms with E-state index < -0.39 is 4.92 Å². The number of hydrogen-bond acceptors (Lipinski definition) is 4. The normalized spacial score (nSPS) is 17.2. The third kappa shape index (κ3) is 2.05. The standard InChI is InChI=1S/C11H10N4O3/c1-14-9(10(16)13-11(14)12)6-7-2-4-8(5-3-7)15(17)18/h2-6H,1H3,(H2,12,13,16). The molecule has 1 aromatic carbocycles. The molecule has 0 aromatic heterocycles. The van der Waals surface area contributed by atoms with E-state index in [-0.39, 0.29) is 17.6 Å². The summed E-state index contributed by atoms with van der Waals surface area (Å²) in [6.07, 6.45) is 1.57. The lowest BCUT2D eigenvalue weighted by Gasteiger charge is -2.08. The number of carbonyl (C=O) groups excluding carboxylic acids is 1. The van der Waals surface area contributed by atoms with Gasteiger partial charge in [-0.25, -0.2) is 0 Å². The molecule has 1 amide bonds. The first-order chi connectivity index (χ1) is 8.49. The highest BCUT2D eigenvalue weighted by Gasteiger charge is 2.26. The van der Waals surface area contributed by atoms with Gasteiger partial charge in [-0.1, -0.05) is 0 Å². The van der Waals surface area contributed by atoms with Gasteiger partial charge in [0.1, 0.15) is 5.70 Å². The van der Waals surface area contributed by atoms with Crippen molar-refractivity contribution in [1.29, 1.82) is 5.41 Å². The fraction of sp³-hybridized carbons (Fsp3) is 0.0909. The molecule has 0 radical (unpaired) electrons. The second-order valence-corrected chi connectivity index (χ2v) is 3.74. The molecule has 92 valence electrons. The van der Waals surface area contributed by atoms with E-state index >= 15 is 0 Å². The summed E-state index contributed by atoms with van der Waals surface area (Å²) in [6.45, 7) is 0. The van der Waals surface area contributed by atoms with Gasteiger partial charge in [0.05, 0.1) is 4.92 Å². The fourth-order valence-corrected chi connectivity index (χ4v) is 1.54. The molecular formula is C11H10N4O3. The van der Waals surface area contributed by atoms with Crippen LogP contribution in [-0.2, 0) is 4.79 Å². The Morgan fingerprint density at radius 1 is 1.39 bits per heavy atom. The summed E-state index contributed by atoms with van der Waals surface area (Å²) in [7, 11) is 1.59. The molecular weight excluding hydrogens is 236 g/mol. The number of likely N-dealkylation sites (N-methyl/N-ethyl adjacent to an activating group) is 1. The van der Waals surface area contributed by atoms with Crippen LogP contribution in [0.5, 0.6) is 0 Å². The highest BCUT2D eigenvalue weighted by atomic mass is 16.6.